The number of anilines is 1. The van der Waals surface area contributed by atoms with E-state index in [1.807, 2.05) is 0 Å². The number of amides is 2. The monoisotopic (exact) mass is 325 g/mol. The van der Waals surface area contributed by atoms with E-state index < -0.39 is 5.82 Å². The van der Waals surface area contributed by atoms with E-state index in [-0.39, 0.29) is 24.4 Å². The van der Waals surface area contributed by atoms with Gasteiger partial charge in [0.05, 0.1) is 11.1 Å². The highest BCUT2D eigenvalue weighted by Gasteiger charge is 2.31. The standard InChI is InChI=1S/C18H16FN3O2/c19-15-7-9(20)1-4-12(15)11-5-6-13(17(23)22-10-2-3-10)16-14(11)8-21-18(16)24/h1,4-7,10H,2-3,8,20H2,(H,21,24)(H,22,23). The van der Waals surface area contributed by atoms with E-state index in [1.165, 1.54) is 6.07 Å². The number of hydrogen-bond acceptors (Lipinski definition) is 3. The molecule has 0 spiro atoms. The Hall–Kier alpha value is -2.89. The Morgan fingerprint density at radius 2 is 1.96 bits per heavy atom. The molecule has 1 aliphatic heterocycles. The van der Waals surface area contributed by atoms with E-state index in [0.717, 1.165) is 12.8 Å². The lowest BCUT2D eigenvalue weighted by Crippen LogP contribution is -2.27. The van der Waals surface area contributed by atoms with Crippen LogP contribution in [0.4, 0.5) is 10.1 Å². The zero-order chi connectivity index (χ0) is 16.8. The Balaban J connectivity index is 1.83. The first-order valence-corrected chi connectivity index (χ1v) is 7.85. The summed E-state index contributed by atoms with van der Waals surface area (Å²) in [7, 11) is 0. The minimum absolute atomic E-state index is 0.201. The van der Waals surface area contributed by atoms with Crippen molar-refractivity contribution < 1.29 is 14.0 Å². The zero-order valence-corrected chi connectivity index (χ0v) is 12.9. The molecule has 2 aliphatic rings. The molecular weight excluding hydrogens is 309 g/mol. The van der Waals surface area contributed by atoms with Gasteiger partial charge in [-0.25, -0.2) is 4.39 Å². The average Bonchev–Trinajstić information content (AvgIpc) is 3.28. The first-order valence-electron chi connectivity index (χ1n) is 7.85. The van der Waals surface area contributed by atoms with E-state index in [9.17, 15) is 14.0 Å². The molecule has 0 radical (unpaired) electrons. The maximum atomic E-state index is 14.3. The van der Waals surface area contributed by atoms with Crippen LogP contribution in [0, 0.1) is 5.82 Å². The van der Waals surface area contributed by atoms with Crippen LogP contribution in [0.25, 0.3) is 11.1 Å². The number of carbonyl (C=O) groups is 2. The third-order valence-corrected chi connectivity index (χ3v) is 4.41. The number of nitrogens with one attached hydrogen (secondary N) is 2. The van der Waals surface area contributed by atoms with Gasteiger partial charge in [0, 0.05) is 23.8 Å². The molecule has 2 aromatic carbocycles. The molecule has 2 aromatic rings. The van der Waals surface area contributed by atoms with Crippen molar-refractivity contribution in [1.82, 2.24) is 10.6 Å². The summed E-state index contributed by atoms with van der Waals surface area (Å²) in [6.07, 6.45) is 1.93. The van der Waals surface area contributed by atoms with Crippen LogP contribution in [0.1, 0.15) is 39.1 Å². The third kappa shape index (κ3) is 2.40. The Morgan fingerprint density at radius 3 is 2.67 bits per heavy atom. The number of carbonyl (C=O) groups excluding carboxylic acids is 2. The number of benzene rings is 2. The molecule has 4 N–H and O–H groups in total. The highest BCUT2D eigenvalue weighted by Crippen LogP contribution is 2.34. The molecule has 2 amide bonds. The van der Waals surface area contributed by atoms with Crippen molar-refractivity contribution in [2.45, 2.75) is 25.4 Å². The second-order valence-corrected chi connectivity index (χ2v) is 6.18. The van der Waals surface area contributed by atoms with Crippen molar-refractivity contribution in [2.24, 2.45) is 0 Å². The summed E-state index contributed by atoms with van der Waals surface area (Å²) < 4.78 is 14.3. The van der Waals surface area contributed by atoms with Gasteiger partial charge in [0.15, 0.2) is 0 Å². The summed E-state index contributed by atoms with van der Waals surface area (Å²) in [5.74, 6) is -1.01. The molecule has 4 rings (SSSR count). The molecule has 0 saturated heterocycles. The molecule has 6 heteroatoms. The fourth-order valence-electron chi connectivity index (χ4n) is 3.03. The fourth-order valence-corrected chi connectivity index (χ4v) is 3.03. The number of nitrogen functional groups attached to an aromatic ring is 1. The Bertz CT molecular complexity index is 875. The summed E-state index contributed by atoms with van der Waals surface area (Å²) in [6, 6.07) is 7.93. The average molecular weight is 325 g/mol. The molecule has 1 heterocycles. The molecule has 0 unspecified atom stereocenters. The van der Waals surface area contributed by atoms with Crippen LogP contribution in [0.3, 0.4) is 0 Å². The normalized spacial score (nSPS) is 15.8. The van der Waals surface area contributed by atoms with Crippen molar-refractivity contribution in [3.8, 4) is 11.1 Å². The van der Waals surface area contributed by atoms with Crippen LogP contribution in [-0.4, -0.2) is 17.9 Å². The smallest absolute Gasteiger partial charge is 0.252 e. The highest BCUT2D eigenvalue weighted by molar-refractivity contribution is 6.11. The van der Waals surface area contributed by atoms with Gasteiger partial charge >= 0.3 is 0 Å². The number of halogens is 1. The highest BCUT2D eigenvalue weighted by atomic mass is 19.1. The largest absolute Gasteiger partial charge is 0.399 e. The molecule has 0 atom stereocenters. The predicted octanol–water partition coefficient (Wildman–Crippen LogP) is 2.21. The summed E-state index contributed by atoms with van der Waals surface area (Å²) in [5, 5.41) is 5.61. The molecule has 1 fully saturated rings. The molecule has 1 saturated carbocycles. The van der Waals surface area contributed by atoms with Crippen LogP contribution in [-0.2, 0) is 6.54 Å². The Labute approximate surface area is 138 Å². The minimum Gasteiger partial charge on any atom is -0.399 e. The summed E-state index contributed by atoms with van der Waals surface area (Å²) in [4.78, 5) is 24.6. The van der Waals surface area contributed by atoms with Crippen LogP contribution in [0.5, 0.6) is 0 Å². The van der Waals surface area contributed by atoms with E-state index in [0.29, 0.717) is 33.5 Å². The van der Waals surface area contributed by atoms with Gasteiger partial charge in [0.2, 0.25) is 0 Å². The topological polar surface area (TPSA) is 84.2 Å². The molecule has 0 bridgehead atoms. The quantitative estimate of drug-likeness (QED) is 0.757. The number of hydrogen-bond donors (Lipinski definition) is 3. The fraction of sp³-hybridized carbons (Fsp3) is 0.222. The van der Waals surface area contributed by atoms with E-state index in [4.69, 9.17) is 5.73 Å². The summed E-state index contributed by atoms with van der Waals surface area (Å²) >= 11 is 0. The lowest BCUT2D eigenvalue weighted by atomic mass is 9.92. The summed E-state index contributed by atoms with van der Waals surface area (Å²) in [5.41, 5.74) is 8.22. The van der Waals surface area contributed by atoms with Crippen molar-refractivity contribution in [3.05, 3.63) is 52.8 Å². The van der Waals surface area contributed by atoms with Gasteiger partial charge in [-0.05, 0) is 48.2 Å². The number of rotatable bonds is 3. The lowest BCUT2D eigenvalue weighted by Gasteiger charge is -2.12. The first-order chi connectivity index (χ1) is 11.5. The molecule has 5 nitrogen and oxygen atoms in total. The third-order valence-electron chi connectivity index (χ3n) is 4.41. The van der Waals surface area contributed by atoms with Crippen molar-refractivity contribution >= 4 is 17.5 Å². The first kappa shape index (κ1) is 14.7. The van der Waals surface area contributed by atoms with E-state index >= 15 is 0 Å². The predicted molar refractivity (Wildman–Crippen MR) is 87.9 cm³/mol. The van der Waals surface area contributed by atoms with Gasteiger partial charge in [0.1, 0.15) is 5.82 Å². The second-order valence-electron chi connectivity index (χ2n) is 6.18. The maximum absolute atomic E-state index is 14.3. The number of fused-ring (bicyclic) bond motifs is 1. The van der Waals surface area contributed by atoms with Crippen molar-refractivity contribution in [1.29, 1.82) is 0 Å². The van der Waals surface area contributed by atoms with Gasteiger partial charge < -0.3 is 16.4 Å². The summed E-state index contributed by atoms with van der Waals surface area (Å²) in [6.45, 7) is 0.276. The van der Waals surface area contributed by atoms with Gasteiger partial charge in [-0.3, -0.25) is 9.59 Å². The molecule has 1 aliphatic carbocycles. The van der Waals surface area contributed by atoms with E-state index in [1.54, 1.807) is 24.3 Å². The van der Waals surface area contributed by atoms with E-state index in [2.05, 4.69) is 10.6 Å². The Morgan fingerprint density at radius 1 is 1.21 bits per heavy atom. The van der Waals surface area contributed by atoms with Crippen LogP contribution >= 0.6 is 0 Å². The van der Waals surface area contributed by atoms with Gasteiger partial charge in [-0.2, -0.15) is 0 Å². The van der Waals surface area contributed by atoms with Crippen LogP contribution in [0.15, 0.2) is 30.3 Å². The zero-order valence-electron chi connectivity index (χ0n) is 12.9. The molecular formula is C18H16FN3O2. The second kappa shape index (κ2) is 5.33. The van der Waals surface area contributed by atoms with Gasteiger partial charge in [0.25, 0.3) is 11.8 Å². The van der Waals surface area contributed by atoms with Crippen molar-refractivity contribution in [3.63, 3.8) is 0 Å². The number of nitrogens with two attached hydrogens (primary N) is 1. The minimum atomic E-state index is -0.452. The molecule has 24 heavy (non-hydrogen) atoms. The van der Waals surface area contributed by atoms with Crippen LogP contribution in [0.2, 0.25) is 0 Å². The maximum Gasteiger partial charge on any atom is 0.252 e. The van der Waals surface area contributed by atoms with Crippen molar-refractivity contribution in [2.75, 3.05) is 5.73 Å². The van der Waals surface area contributed by atoms with Gasteiger partial charge in [-0.15, -0.1) is 0 Å². The Kier molecular flexibility index (Phi) is 3.26. The lowest BCUT2D eigenvalue weighted by molar-refractivity contribution is 0.0925. The molecule has 122 valence electrons. The molecule has 0 aromatic heterocycles. The van der Waals surface area contributed by atoms with Crippen LogP contribution < -0.4 is 16.4 Å². The van der Waals surface area contributed by atoms with Gasteiger partial charge in [-0.1, -0.05) is 6.07 Å². The SMILES string of the molecule is Nc1ccc(-c2ccc(C(=O)NC3CC3)c3c2CNC3=O)c(F)c1.